The van der Waals surface area contributed by atoms with Crippen LogP contribution in [0.2, 0.25) is 0 Å². The van der Waals surface area contributed by atoms with E-state index in [1.807, 2.05) is 0 Å². The maximum atomic E-state index is 11.3. The van der Waals surface area contributed by atoms with Crippen LogP contribution in [0, 0.1) is 0 Å². The first-order chi connectivity index (χ1) is 9.77. The molecule has 0 bridgehead atoms. The van der Waals surface area contributed by atoms with E-state index in [0.29, 0.717) is 17.1 Å². The van der Waals surface area contributed by atoms with Crippen molar-refractivity contribution in [3.8, 4) is 11.3 Å². The fourth-order valence-corrected chi connectivity index (χ4v) is 2.41. The first-order valence-electron chi connectivity index (χ1n) is 6.04. The van der Waals surface area contributed by atoms with Crippen LogP contribution in [0.25, 0.3) is 11.3 Å². The van der Waals surface area contributed by atoms with Crippen LogP contribution < -0.4 is 16.6 Å². The van der Waals surface area contributed by atoms with Gasteiger partial charge in [0.05, 0.1) is 10.9 Å². The van der Waals surface area contributed by atoms with Gasteiger partial charge in [-0.3, -0.25) is 4.79 Å². The van der Waals surface area contributed by atoms with Crippen LogP contribution in [0.4, 0.5) is 0 Å². The Hall–Kier alpha value is -2.16. The lowest BCUT2D eigenvalue weighted by Crippen LogP contribution is -2.20. The second-order valence-corrected chi connectivity index (χ2v) is 6.11. The molecule has 0 aliphatic rings. The minimum atomic E-state index is -3.79. The molecule has 1 atom stereocenters. The second-order valence-electron chi connectivity index (χ2n) is 4.55. The number of furan rings is 1. The van der Waals surface area contributed by atoms with Gasteiger partial charge >= 0.3 is 0 Å². The van der Waals surface area contributed by atoms with Crippen molar-refractivity contribution in [3.05, 3.63) is 42.2 Å². The minimum absolute atomic E-state index is 0.0145. The molecule has 0 aliphatic carbocycles. The molecule has 8 heteroatoms. The number of primary sulfonamides is 1. The topological polar surface area (TPSA) is 142 Å². The Morgan fingerprint density at radius 2 is 1.95 bits per heavy atom. The van der Waals surface area contributed by atoms with E-state index in [9.17, 15) is 13.2 Å². The van der Waals surface area contributed by atoms with Gasteiger partial charge in [-0.2, -0.15) is 0 Å². The summed E-state index contributed by atoms with van der Waals surface area (Å²) in [5.74, 6) is 0.289. The molecule has 0 saturated carbocycles. The third kappa shape index (κ3) is 3.69. The number of primary amides is 1. The predicted molar refractivity (Wildman–Crippen MR) is 76.3 cm³/mol. The van der Waals surface area contributed by atoms with E-state index in [4.69, 9.17) is 21.0 Å². The van der Waals surface area contributed by atoms with E-state index in [1.54, 1.807) is 24.3 Å². The van der Waals surface area contributed by atoms with Gasteiger partial charge in [-0.15, -0.1) is 0 Å². The molecule has 21 heavy (non-hydrogen) atoms. The van der Waals surface area contributed by atoms with Crippen LogP contribution >= 0.6 is 0 Å². The molecular weight excluding hydrogens is 294 g/mol. The Morgan fingerprint density at radius 1 is 1.24 bits per heavy atom. The van der Waals surface area contributed by atoms with Crippen molar-refractivity contribution in [2.45, 2.75) is 17.4 Å². The van der Waals surface area contributed by atoms with Crippen LogP contribution in [0.3, 0.4) is 0 Å². The summed E-state index contributed by atoms with van der Waals surface area (Å²) in [6.07, 6.45) is -0.0375. The van der Waals surface area contributed by atoms with Gasteiger partial charge in [0.25, 0.3) is 0 Å². The Bertz CT molecular complexity index is 767. The van der Waals surface area contributed by atoms with Crippen LogP contribution in [0.15, 0.2) is 45.7 Å². The average molecular weight is 309 g/mol. The highest BCUT2D eigenvalue weighted by Gasteiger charge is 2.15. The van der Waals surface area contributed by atoms with Crippen molar-refractivity contribution in [1.29, 1.82) is 0 Å². The highest BCUT2D eigenvalue weighted by Crippen LogP contribution is 2.27. The number of amides is 1. The molecule has 0 spiro atoms. The third-order valence-electron chi connectivity index (χ3n) is 2.86. The molecule has 1 amide bonds. The summed E-state index contributed by atoms with van der Waals surface area (Å²) in [6.45, 7) is 0. The standard InChI is InChI=1S/C13H15N3O4S/c14-10(7-13(15)17)12-5-4-11(20-12)8-2-1-3-9(6-8)21(16,18)19/h1-6,10H,7,14H2,(H2,15,17)(H2,16,18,19). The van der Waals surface area contributed by atoms with Crippen molar-refractivity contribution in [1.82, 2.24) is 0 Å². The molecule has 112 valence electrons. The monoisotopic (exact) mass is 309 g/mol. The molecule has 2 aromatic rings. The fourth-order valence-electron chi connectivity index (χ4n) is 1.85. The largest absolute Gasteiger partial charge is 0.459 e. The molecule has 0 saturated heterocycles. The number of rotatable bonds is 5. The Balaban J connectivity index is 2.32. The van der Waals surface area contributed by atoms with Gasteiger partial charge in [-0.25, -0.2) is 13.6 Å². The number of sulfonamides is 1. The molecule has 1 heterocycles. The van der Waals surface area contributed by atoms with Gasteiger partial charge < -0.3 is 15.9 Å². The SMILES string of the molecule is NC(=O)CC(N)c1ccc(-c2cccc(S(N)(=O)=O)c2)o1. The summed E-state index contributed by atoms with van der Waals surface area (Å²) >= 11 is 0. The number of benzene rings is 1. The van der Waals surface area contributed by atoms with E-state index in [-0.39, 0.29) is 11.3 Å². The maximum Gasteiger partial charge on any atom is 0.238 e. The molecule has 1 aromatic heterocycles. The molecule has 1 unspecified atom stereocenters. The normalized spacial score (nSPS) is 13.0. The van der Waals surface area contributed by atoms with Crippen molar-refractivity contribution < 1.29 is 17.6 Å². The summed E-state index contributed by atoms with van der Waals surface area (Å²) < 4.78 is 28.2. The van der Waals surface area contributed by atoms with Gasteiger partial charge in [-0.1, -0.05) is 12.1 Å². The fraction of sp³-hybridized carbons (Fsp3) is 0.154. The van der Waals surface area contributed by atoms with Gasteiger partial charge in [0.2, 0.25) is 15.9 Å². The first kappa shape index (κ1) is 15.2. The summed E-state index contributed by atoms with van der Waals surface area (Å²) in [6, 6.07) is 8.64. The van der Waals surface area contributed by atoms with Crippen LogP contribution in [-0.4, -0.2) is 14.3 Å². The molecular formula is C13H15N3O4S. The van der Waals surface area contributed by atoms with Crippen molar-refractivity contribution in [3.63, 3.8) is 0 Å². The highest BCUT2D eigenvalue weighted by molar-refractivity contribution is 7.89. The smallest absolute Gasteiger partial charge is 0.238 e. The molecule has 1 aromatic carbocycles. The van der Waals surface area contributed by atoms with Gasteiger partial charge in [0.1, 0.15) is 11.5 Å². The first-order valence-corrected chi connectivity index (χ1v) is 7.59. The summed E-state index contributed by atoms with van der Waals surface area (Å²) in [7, 11) is -3.79. The average Bonchev–Trinajstić information content (AvgIpc) is 2.86. The third-order valence-corrected chi connectivity index (χ3v) is 3.77. The van der Waals surface area contributed by atoms with Gasteiger partial charge in [-0.05, 0) is 24.3 Å². The Kier molecular flexibility index (Phi) is 4.12. The molecule has 0 radical (unpaired) electrons. The lowest BCUT2D eigenvalue weighted by Gasteiger charge is -2.05. The maximum absolute atomic E-state index is 11.3. The lowest BCUT2D eigenvalue weighted by molar-refractivity contribution is -0.118. The zero-order valence-corrected chi connectivity index (χ0v) is 11.8. The molecule has 6 N–H and O–H groups in total. The number of hydrogen-bond acceptors (Lipinski definition) is 5. The summed E-state index contributed by atoms with van der Waals surface area (Å²) in [5, 5.41) is 5.08. The van der Waals surface area contributed by atoms with E-state index in [0.717, 1.165) is 0 Å². The van der Waals surface area contributed by atoms with Gasteiger partial charge in [0, 0.05) is 12.0 Å². The molecule has 2 rings (SSSR count). The van der Waals surface area contributed by atoms with E-state index in [1.165, 1.54) is 12.1 Å². The van der Waals surface area contributed by atoms with Crippen LogP contribution in [0.1, 0.15) is 18.2 Å². The molecule has 0 fully saturated rings. The predicted octanol–water partition coefficient (Wildman–Crippen LogP) is 0.469. The Labute approximate surface area is 121 Å². The van der Waals surface area contributed by atoms with Gasteiger partial charge in [0.15, 0.2) is 0 Å². The number of carbonyl (C=O) groups is 1. The minimum Gasteiger partial charge on any atom is -0.459 e. The van der Waals surface area contributed by atoms with Crippen molar-refractivity contribution >= 4 is 15.9 Å². The van der Waals surface area contributed by atoms with E-state index in [2.05, 4.69) is 0 Å². The van der Waals surface area contributed by atoms with Crippen molar-refractivity contribution in [2.75, 3.05) is 0 Å². The van der Waals surface area contributed by atoms with E-state index < -0.39 is 22.0 Å². The molecule has 7 nitrogen and oxygen atoms in total. The van der Waals surface area contributed by atoms with Crippen LogP contribution in [-0.2, 0) is 14.8 Å². The quantitative estimate of drug-likeness (QED) is 0.735. The highest BCUT2D eigenvalue weighted by atomic mass is 32.2. The zero-order valence-electron chi connectivity index (χ0n) is 11.0. The van der Waals surface area contributed by atoms with Crippen molar-refractivity contribution in [2.24, 2.45) is 16.6 Å². The van der Waals surface area contributed by atoms with E-state index >= 15 is 0 Å². The zero-order chi connectivity index (χ0) is 15.6. The number of carbonyl (C=O) groups excluding carboxylic acids is 1. The second kappa shape index (κ2) is 5.68. The number of nitrogens with two attached hydrogens (primary N) is 3. The Morgan fingerprint density at radius 3 is 2.57 bits per heavy atom. The molecule has 0 aliphatic heterocycles. The van der Waals surface area contributed by atoms with Crippen LogP contribution in [0.5, 0.6) is 0 Å². The lowest BCUT2D eigenvalue weighted by atomic mass is 10.1. The number of hydrogen-bond donors (Lipinski definition) is 3. The summed E-state index contributed by atoms with van der Waals surface area (Å²) in [4.78, 5) is 10.8. The summed E-state index contributed by atoms with van der Waals surface area (Å²) in [5.41, 5.74) is 11.4.